The van der Waals surface area contributed by atoms with Crippen LogP contribution >= 0.6 is 0 Å². The van der Waals surface area contributed by atoms with Gasteiger partial charge in [-0.3, -0.25) is 0 Å². The molecule has 0 aliphatic carbocycles. The number of esters is 1. The minimum atomic E-state index is -0.608. The Morgan fingerprint density at radius 2 is 1.55 bits per heavy atom. The lowest BCUT2D eigenvalue weighted by molar-refractivity contribution is -0.141. The van der Waals surface area contributed by atoms with Crippen LogP contribution in [0, 0.1) is 0 Å². The van der Waals surface area contributed by atoms with Crippen LogP contribution in [0.3, 0.4) is 0 Å². The Balaban J connectivity index is 2.33. The van der Waals surface area contributed by atoms with Crippen LogP contribution in [0.4, 0.5) is 5.69 Å². The molecule has 116 valence electrons. The average Bonchev–Trinajstić information content (AvgIpc) is 2.59. The molecule has 0 bridgehead atoms. The van der Waals surface area contributed by atoms with E-state index in [1.807, 2.05) is 30.3 Å². The Bertz CT molecular complexity index is 606. The molecule has 2 aromatic rings. The molecular weight excluding hydrogens is 282 g/mol. The number of benzene rings is 2. The lowest BCUT2D eigenvalue weighted by atomic mass is 10.1. The number of hydrogen-bond acceptors (Lipinski definition) is 5. The molecule has 0 aromatic heterocycles. The van der Waals surface area contributed by atoms with E-state index in [9.17, 15) is 4.79 Å². The van der Waals surface area contributed by atoms with Gasteiger partial charge >= 0.3 is 5.97 Å². The van der Waals surface area contributed by atoms with Gasteiger partial charge in [0.2, 0.25) is 0 Å². The molecule has 0 spiro atoms. The molecule has 0 amide bonds. The maximum atomic E-state index is 12.1. The van der Waals surface area contributed by atoms with Crippen molar-refractivity contribution in [2.45, 2.75) is 6.04 Å². The Labute approximate surface area is 129 Å². The summed E-state index contributed by atoms with van der Waals surface area (Å²) in [7, 11) is 4.52. The van der Waals surface area contributed by atoms with E-state index in [4.69, 9.17) is 14.2 Å². The average molecular weight is 301 g/mol. The summed E-state index contributed by atoms with van der Waals surface area (Å²) >= 11 is 0. The van der Waals surface area contributed by atoms with Gasteiger partial charge in [0, 0.05) is 23.9 Å². The number of hydrogen-bond donors (Lipinski definition) is 1. The zero-order valence-corrected chi connectivity index (χ0v) is 12.8. The first-order chi connectivity index (χ1) is 10.7. The van der Waals surface area contributed by atoms with Crippen molar-refractivity contribution in [2.75, 3.05) is 26.6 Å². The van der Waals surface area contributed by atoms with E-state index in [2.05, 4.69) is 5.32 Å². The Kier molecular flexibility index (Phi) is 5.25. The molecule has 5 nitrogen and oxygen atoms in total. The van der Waals surface area contributed by atoms with E-state index in [1.54, 1.807) is 32.4 Å². The largest absolute Gasteiger partial charge is 0.497 e. The van der Waals surface area contributed by atoms with Crippen molar-refractivity contribution in [1.29, 1.82) is 0 Å². The van der Waals surface area contributed by atoms with Crippen LogP contribution in [0.2, 0.25) is 0 Å². The van der Waals surface area contributed by atoms with Gasteiger partial charge in [0.05, 0.1) is 21.3 Å². The summed E-state index contributed by atoms with van der Waals surface area (Å²) in [4.78, 5) is 12.1. The van der Waals surface area contributed by atoms with E-state index in [0.29, 0.717) is 17.2 Å². The Hall–Kier alpha value is -2.69. The Morgan fingerprint density at radius 1 is 0.955 bits per heavy atom. The molecule has 2 aromatic carbocycles. The first-order valence-corrected chi connectivity index (χ1v) is 6.80. The van der Waals surface area contributed by atoms with Crippen molar-refractivity contribution >= 4 is 11.7 Å². The van der Waals surface area contributed by atoms with Crippen molar-refractivity contribution < 1.29 is 19.0 Å². The standard InChI is InChI=1S/C17H19NO4/c1-20-14-9-13(10-15(11-14)21-2)18-16(17(19)22-3)12-7-5-4-6-8-12/h4-11,16,18H,1-3H3/t16-/m1/s1. The van der Waals surface area contributed by atoms with Crippen LogP contribution in [0.1, 0.15) is 11.6 Å². The van der Waals surface area contributed by atoms with Crippen molar-refractivity contribution in [3.63, 3.8) is 0 Å². The summed E-state index contributed by atoms with van der Waals surface area (Å²) in [5, 5.41) is 3.16. The molecular formula is C17H19NO4. The van der Waals surface area contributed by atoms with E-state index < -0.39 is 6.04 Å². The SMILES string of the molecule is COC(=O)[C@H](Nc1cc(OC)cc(OC)c1)c1ccccc1. The van der Waals surface area contributed by atoms with Crippen LogP contribution in [0.5, 0.6) is 11.5 Å². The number of methoxy groups -OCH3 is 3. The predicted octanol–water partition coefficient (Wildman–Crippen LogP) is 3.03. The molecule has 0 heterocycles. The molecule has 0 radical (unpaired) electrons. The highest BCUT2D eigenvalue weighted by molar-refractivity contribution is 5.81. The fourth-order valence-electron chi connectivity index (χ4n) is 2.10. The fourth-order valence-corrected chi connectivity index (χ4v) is 2.10. The molecule has 0 aliphatic heterocycles. The highest BCUT2D eigenvalue weighted by Crippen LogP contribution is 2.29. The van der Waals surface area contributed by atoms with Gasteiger partial charge in [-0.2, -0.15) is 0 Å². The maximum Gasteiger partial charge on any atom is 0.332 e. The van der Waals surface area contributed by atoms with E-state index >= 15 is 0 Å². The van der Waals surface area contributed by atoms with Crippen LogP contribution in [0.15, 0.2) is 48.5 Å². The summed E-state index contributed by atoms with van der Waals surface area (Å²) in [5.74, 6) is 0.907. The number of rotatable bonds is 6. The van der Waals surface area contributed by atoms with Crippen LogP contribution in [0.25, 0.3) is 0 Å². The summed E-state index contributed by atoms with van der Waals surface area (Å²) < 4.78 is 15.4. The van der Waals surface area contributed by atoms with Gasteiger partial charge in [-0.05, 0) is 5.56 Å². The molecule has 0 saturated heterocycles. The number of carbonyl (C=O) groups is 1. The normalized spacial score (nSPS) is 11.4. The third kappa shape index (κ3) is 3.69. The summed E-state index contributed by atoms with van der Waals surface area (Å²) in [6, 6.07) is 14.1. The molecule has 0 fully saturated rings. The quantitative estimate of drug-likeness (QED) is 0.831. The molecule has 0 aliphatic rings. The fraction of sp³-hybridized carbons (Fsp3) is 0.235. The van der Waals surface area contributed by atoms with E-state index in [-0.39, 0.29) is 5.97 Å². The summed E-state index contributed by atoms with van der Waals surface area (Å²) in [5.41, 5.74) is 1.52. The van der Waals surface area contributed by atoms with Gasteiger partial charge in [0.15, 0.2) is 6.04 Å². The van der Waals surface area contributed by atoms with Gasteiger partial charge in [0.25, 0.3) is 0 Å². The van der Waals surface area contributed by atoms with Crippen LogP contribution in [-0.2, 0) is 9.53 Å². The van der Waals surface area contributed by atoms with Gasteiger partial charge in [-0.1, -0.05) is 30.3 Å². The molecule has 2 rings (SSSR count). The van der Waals surface area contributed by atoms with Gasteiger partial charge < -0.3 is 19.5 Å². The second kappa shape index (κ2) is 7.36. The molecule has 0 unspecified atom stereocenters. The number of ether oxygens (including phenoxy) is 3. The van der Waals surface area contributed by atoms with Gasteiger partial charge in [-0.15, -0.1) is 0 Å². The molecule has 0 saturated carbocycles. The first kappa shape index (κ1) is 15.7. The van der Waals surface area contributed by atoms with Crippen LogP contribution in [-0.4, -0.2) is 27.3 Å². The minimum absolute atomic E-state index is 0.368. The summed E-state index contributed by atoms with van der Waals surface area (Å²) in [6.45, 7) is 0. The topological polar surface area (TPSA) is 56.8 Å². The monoisotopic (exact) mass is 301 g/mol. The van der Waals surface area contributed by atoms with Crippen LogP contribution < -0.4 is 14.8 Å². The van der Waals surface area contributed by atoms with Crippen molar-refractivity contribution in [2.24, 2.45) is 0 Å². The van der Waals surface area contributed by atoms with Gasteiger partial charge in [-0.25, -0.2) is 4.79 Å². The minimum Gasteiger partial charge on any atom is -0.497 e. The first-order valence-electron chi connectivity index (χ1n) is 6.80. The molecule has 1 atom stereocenters. The van der Waals surface area contributed by atoms with E-state index in [1.165, 1.54) is 7.11 Å². The highest BCUT2D eigenvalue weighted by Gasteiger charge is 2.21. The third-order valence-corrected chi connectivity index (χ3v) is 3.23. The summed E-state index contributed by atoms with van der Waals surface area (Å²) in [6.07, 6.45) is 0. The zero-order chi connectivity index (χ0) is 15.9. The van der Waals surface area contributed by atoms with Crippen molar-refractivity contribution in [3.8, 4) is 11.5 Å². The molecule has 1 N–H and O–H groups in total. The number of carbonyl (C=O) groups excluding carboxylic acids is 1. The predicted molar refractivity (Wildman–Crippen MR) is 84.4 cm³/mol. The lowest BCUT2D eigenvalue weighted by Crippen LogP contribution is -2.22. The van der Waals surface area contributed by atoms with Gasteiger partial charge in [0.1, 0.15) is 11.5 Å². The molecule has 5 heteroatoms. The lowest BCUT2D eigenvalue weighted by Gasteiger charge is -2.19. The Morgan fingerprint density at radius 3 is 2.05 bits per heavy atom. The third-order valence-electron chi connectivity index (χ3n) is 3.23. The highest BCUT2D eigenvalue weighted by atomic mass is 16.5. The van der Waals surface area contributed by atoms with Crippen molar-refractivity contribution in [3.05, 3.63) is 54.1 Å². The number of anilines is 1. The second-order valence-corrected chi connectivity index (χ2v) is 4.61. The molecule has 22 heavy (non-hydrogen) atoms. The zero-order valence-electron chi connectivity index (χ0n) is 12.8. The second-order valence-electron chi connectivity index (χ2n) is 4.61. The van der Waals surface area contributed by atoms with Crippen molar-refractivity contribution in [1.82, 2.24) is 0 Å². The smallest absolute Gasteiger partial charge is 0.332 e. The number of nitrogens with one attached hydrogen (secondary N) is 1. The maximum absolute atomic E-state index is 12.1. The van der Waals surface area contributed by atoms with E-state index in [0.717, 1.165) is 5.56 Å².